The van der Waals surface area contributed by atoms with Crippen LogP contribution in [0.3, 0.4) is 0 Å². The maximum absolute atomic E-state index is 13.8. The van der Waals surface area contributed by atoms with E-state index < -0.39 is 5.91 Å². The number of benzene rings is 1. The molecule has 2 amide bonds. The Morgan fingerprint density at radius 2 is 1.94 bits per heavy atom. The largest absolute Gasteiger partial charge is 0.481 e. The fraction of sp³-hybridized carbons (Fsp3) is 0.280. The third-order valence-electron chi connectivity index (χ3n) is 6.29. The van der Waals surface area contributed by atoms with Gasteiger partial charge in [0.1, 0.15) is 0 Å². The number of likely N-dealkylation sites (tertiary alicyclic amines) is 1. The van der Waals surface area contributed by atoms with E-state index in [1.54, 1.807) is 31.5 Å². The molecule has 0 radical (unpaired) electrons. The minimum absolute atomic E-state index is 0.0760. The Labute approximate surface area is 207 Å². The molecular weight excluding hydrogens is 460 g/mol. The Balaban J connectivity index is 1.42. The number of amides is 2. The van der Waals surface area contributed by atoms with Gasteiger partial charge in [-0.15, -0.1) is 0 Å². The summed E-state index contributed by atoms with van der Waals surface area (Å²) in [6.45, 7) is 1.13. The van der Waals surface area contributed by atoms with E-state index >= 15 is 0 Å². The second-order valence-electron chi connectivity index (χ2n) is 8.58. The Hall–Kier alpha value is -4.54. The molecular formula is C25H26N8O3. The first kappa shape index (κ1) is 23.2. The van der Waals surface area contributed by atoms with Crippen molar-refractivity contribution in [2.45, 2.75) is 31.8 Å². The van der Waals surface area contributed by atoms with E-state index in [2.05, 4.69) is 20.3 Å². The van der Waals surface area contributed by atoms with Crippen LogP contribution in [0.2, 0.25) is 0 Å². The predicted molar refractivity (Wildman–Crippen MR) is 131 cm³/mol. The fourth-order valence-corrected chi connectivity index (χ4v) is 4.49. The maximum atomic E-state index is 13.8. The zero-order valence-electron chi connectivity index (χ0n) is 19.8. The number of carbonyl (C=O) groups excluding carboxylic acids is 2. The topological polar surface area (TPSA) is 134 Å². The average molecular weight is 487 g/mol. The molecule has 1 saturated heterocycles. The molecule has 1 atom stereocenters. The molecule has 184 valence electrons. The number of rotatable bonds is 7. The Bertz CT molecular complexity index is 1380. The maximum Gasteiger partial charge on any atom is 0.256 e. The van der Waals surface area contributed by atoms with Crippen molar-refractivity contribution in [2.24, 2.45) is 5.73 Å². The molecule has 11 heteroatoms. The molecule has 2 N–H and O–H groups in total. The van der Waals surface area contributed by atoms with Crippen LogP contribution in [-0.4, -0.2) is 66.2 Å². The minimum atomic E-state index is -0.602. The van der Waals surface area contributed by atoms with Crippen LogP contribution in [-0.2, 0) is 6.54 Å². The summed E-state index contributed by atoms with van der Waals surface area (Å²) in [5.41, 5.74) is 8.20. The van der Waals surface area contributed by atoms with Gasteiger partial charge in [-0.3, -0.25) is 14.3 Å². The van der Waals surface area contributed by atoms with Crippen molar-refractivity contribution in [1.29, 1.82) is 0 Å². The van der Waals surface area contributed by atoms with Crippen molar-refractivity contribution in [3.63, 3.8) is 0 Å². The van der Waals surface area contributed by atoms with E-state index in [9.17, 15) is 9.59 Å². The van der Waals surface area contributed by atoms with Crippen LogP contribution < -0.4 is 10.5 Å². The smallest absolute Gasteiger partial charge is 0.256 e. The number of primary amides is 1. The van der Waals surface area contributed by atoms with Gasteiger partial charge in [0, 0.05) is 29.9 Å². The quantitative estimate of drug-likeness (QED) is 0.424. The molecule has 0 saturated carbocycles. The molecule has 3 aromatic heterocycles. The summed E-state index contributed by atoms with van der Waals surface area (Å²) in [5.74, 6) is -0.267. The molecule has 1 fully saturated rings. The van der Waals surface area contributed by atoms with Crippen molar-refractivity contribution in [2.75, 3.05) is 13.7 Å². The molecule has 4 heterocycles. The number of pyridine rings is 1. The molecule has 4 aromatic rings. The van der Waals surface area contributed by atoms with E-state index in [1.165, 1.54) is 23.3 Å². The lowest BCUT2D eigenvalue weighted by molar-refractivity contribution is 0.0583. The molecule has 0 bridgehead atoms. The Morgan fingerprint density at radius 1 is 1.11 bits per heavy atom. The van der Waals surface area contributed by atoms with Crippen LogP contribution in [0.1, 0.15) is 40.0 Å². The lowest BCUT2D eigenvalue weighted by Gasteiger charge is -2.36. The third-order valence-corrected chi connectivity index (χ3v) is 6.29. The number of nitrogens with zero attached hydrogens (tertiary/aromatic N) is 7. The van der Waals surface area contributed by atoms with Crippen molar-refractivity contribution in [3.05, 3.63) is 72.3 Å². The van der Waals surface area contributed by atoms with Crippen LogP contribution in [0.4, 0.5) is 0 Å². The van der Waals surface area contributed by atoms with Crippen LogP contribution in [0.25, 0.3) is 16.9 Å². The number of hydrogen-bond acceptors (Lipinski definition) is 7. The molecule has 1 aliphatic rings. The molecule has 0 aliphatic carbocycles. The first-order valence-electron chi connectivity index (χ1n) is 11.7. The summed E-state index contributed by atoms with van der Waals surface area (Å²) in [7, 11) is 1.58. The van der Waals surface area contributed by atoms with Gasteiger partial charge in [0.15, 0.2) is 0 Å². The van der Waals surface area contributed by atoms with Crippen LogP contribution >= 0.6 is 0 Å². The molecule has 0 spiro atoms. The van der Waals surface area contributed by atoms with Gasteiger partial charge in [-0.1, -0.05) is 6.07 Å². The summed E-state index contributed by atoms with van der Waals surface area (Å²) in [4.78, 5) is 33.4. The first-order chi connectivity index (χ1) is 17.5. The number of carbonyl (C=O) groups is 2. The second-order valence-corrected chi connectivity index (χ2v) is 8.58. The van der Waals surface area contributed by atoms with E-state index in [0.29, 0.717) is 30.2 Å². The molecule has 36 heavy (non-hydrogen) atoms. The Morgan fingerprint density at radius 3 is 2.72 bits per heavy atom. The molecule has 5 rings (SSSR count). The molecule has 0 unspecified atom stereocenters. The van der Waals surface area contributed by atoms with Gasteiger partial charge >= 0.3 is 0 Å². The van der Waals surface area contributed by atoms with Crippen molar-refractivity contribution >= 4 is 11.8 Å². The van der Waals surface area contributed by atoms with Crippen molar-refractivity contribution in [3.8, 4) is 22.8 Å². The third kappa shape index (κ3) is 4.67. The molecule has 1 aliphatic heterocycles. The minimum Gasteiger partial charge on any atom is -0.481 e. The highest BCUT2D eigenvalue weighted by molar-refractivity contribution is 6.01. The van der Waals surface area contributed by atoms with Gasteiger partial charge < -0.3 is 15.4 Å². The van der Waals surface area contributed by atoms with Crippen molar-refractivity contribution in [1.82, 2.24) is 34.7 Å². The van der Waals surface area contributed by atoms with Crippen molar-refractivity contribution < 1.29 is 14.3 Å². The predicted octanol–water partition coefficient (Wildman–Crippen LogP) is 2.33. The van der Waals surface area contributed by atoms with Crippen LogP contribution in [0.15, 0.2) is 61.2 Å². The van der Waals surface area contributed by atoms with Gasteiger partial charge in [-0.25, -0.2) is 4.98 Å². The summed E-state index contributed by atoms with van der Waals surface area (Å²) < 4.78 is 7.06. The number of nitrogens with two attached hydrogens (primary N) is 1. The number of aromatic nitrogens is 6. The number of piperidine rings is 1. The van der Waals surface area contributed by atoms with Gasteiger partial charge in [0.2, 0.25) is 11.8 Å². The van der Waals surface area contributed by atoms with Gasteiger partial charge in [0.25, 0.3) is 5.91 Å². The van der Waals surface area contributed by atoms with E-state index in [-0.39, 0.29) is 17.5 Å². The highest BCUT2D eigenvalue weighted by Gasteiger charge is 2.30. The van der Waals surface area contributed by atoms with Crippen LogP contribution in [0, 0.1) is 0 Å². The SMILES string of the molecule is COc1cccc(-c2cnn(C[C@@H]3CCCCN3C(=O)c3cc(C(N)=O)ccc3-n3nccn3)c2)n1. The lowest BCUT2D eigenvalue weighted by Crippen LogP contribution is -2.46. The number of ether oxygens (including phenoxy) is 1. The summed E-state index contributed by atoms with van der Waals surface area (Å²) in [5, 5.41) is 12.9. The zero-order valence-corrected chi connectivity index (χ0v) is 19.8. The highest BCUT2D eigenvalue weighted by Crippen LogP contribution is 2.25. The highest BCUT2D eigenvalue weighted by atomic mass is 16.5. The van der Waals surface area contributed by atoms with Gasteiger partial charge in [-0.2, -0.15) is 20.1 Å². The normalized spacial score (nSPS) is 15.6. The van der Waals surface area contributed by atoms with Gasteiger partial charge in [0.05, 0.1) is 55.2 Å². The number of methoxy groups -OCH3 is 1. The number of hydrogen-bond donors (Lipinski definition) is 1. The zero-order chi connectivity index (χ0) is 25.1. The van der Waals surface area contributed by atoms with E-state index in [0.717, 1.165) is 30.5 Å². The van der Waals surface area contributed by atoms with Gasteiger partial charge in [-0.05, 0) is 43.5 Å². The van der Waals surface area contributed by atoms with Crippen LogP contribution in [0.5, 0.6) is 5.88 Å². The van der Waals surface area contributed by atoms with E-state index in [4.69, 9.17) is 10.5 Å². The summed E-state index contributed by atoms with van der Waals surface area (Å²) in [6.07, 6.45) is 9.49. The molecule has 1 aromatic carbocycles. The fourth-order valence-electron chi connectivity index (χ4n) is 4.49. The average Bonchev–Trinajstić information content (AvgIpc) is 3.61. The second kappa shape index (κ2) is 9.98. The molecule has 11 nitrogen and oxygen atoms in total. The monoisotopic (exact) mass is 486 g/mol. The Kier molecular flexibility index (Phi) is 6.44. The lowest BCUT2D eigenvalue weighted by atomic mass is 9.99. The standard InChI is InChI=1S/C25H26N8O3/c1-36-23-7-4-6-21(30-23)18-14-29-31(15-18)16-19-5-2-3-12-32(19)25(35)20-13-17(24(26)34)8-9-22(20)33-27-10-11-28-33/h4,6-11,13-15,19H,2-3,5,12,16H2,1H3,(H2,26,34)/t19-/m0/s1. The summed E-state index contributed by atoms with van der Waals surface area (Å²) in [6, 6.07) is 10.2. The summed E-state index contributed by atoms with van der Waals surface area (Å²) >= 11 is 0. The van der Waals surface area contributed by atoms with E-state index in [1.807, 2.05) is 27.9 Å². The first-order valence-corrected chi connectivity index (χ1v) is 11.7.